The molecule has 168 valence electrons. The first-order chi connectivity index (χ1) is 15.7. The van der Waals surface area contributed by atoms with E-state index in [0.717, 1.165) is 43.9 Å². The molecular formula is C25H31N5O2. The van der Waals surface area contributed by atoms with Crippen LogP contribution in [0.2, 0.25) is 0 Å². The molecule has 0 unspecified atom stereocenters. The maximum absolute atomic E-state index is 12.2. The zero-order valence-corrected chi connectivity index (χ0v) is 18.7. The van der Waals surface area contributed by atoms with Crippen LogP contribution in [0.4, 0.5) is 0 Å². The molecule has 0 radical (unpaired) electrons. The van der Waals surface area contributed by atoms with Crippen LogP contribution in [0.25, 0.3) is 11.5 Å². The Kier molecular flexibility index (Phi) is 7.64. The van der Waals surface area contributed by atoms with Gasteiger partial charge in [0, 0.05) is 57.7 Å². The van der Waals surface area contributed by atoms with Crippen LogP contribution >= 0.6 is 0 Å². The summed E-state index contributed by atoms with van der Waals surface area (Å²) in [7, 11) is 2.17. The summed E-state index contributed by atoms with van der Waals surface area (Å²) in [5, 5.41) is 11.2. The van der Waals surface area contributed by atoms with E-state index >= 15 is 0 Å². The van der Waals surface area contributed by atoms with Crippen LogP contribution in [0.1, 0.15) is 29.9 Å². The summed E-state index contributed by atoms with van der Waals surface area (Å²) in [6.45, 7) is 6.03. The Bertz CT molecular complexity index is 979. The highest BCUT2D eigenvalue weighted by Gasteiger charge is 2.14. The number of likely N-dealkylation sites (N-methyl/N-ethyl adjacent to an activating group) is 1. The molecule has 1 saturated heterocycles. The molecule has 0 saturated carbocycles. The molecule has 1 amide bonds. The van der Waals surface area contributed by atoms with Crippen molar-refractivity contribution >= 4 is 5.91 Å². The zero-order valence-electron chi connectivity index (χ0n) is 18.7. The third kappa shape index (κ3) is 6.48. The van der Waals surface area contributed by atoms with Crippen molar-refractivity contribution in [3.63, 3.8) is 0 Å². The van der Waals surface area contributed by atoms with Gasteiger partial charge in [-0.2, -0.15) is 0 Å². The third-order valence-corrected chi connectivity index (χ3v) is 5.80. The molecule has 3 aromatic rings. The number of benzene rings is 2. The highest BCUT2D eigenvalue weighted by molar-refractivity contribution is 5.75. The number of hydrogen-bond donors (Lipinski definition) is 1. The lowest BCUT2D eigenvalue weighted by Gasteiger charge is -2.32. The molecule has 1 aliphatic heterocycles. The van der Waals surface area contributed by atoms with Crippen LogP contribution in [0.15, 0.2) is 59.0 Å². The molecule has 4 rings (SSSR count). The van der Waals surface area contributed by atoms with E-state index in [-0.39, 0.29) is 5.91 Å². The van der Waals surface area contributed by atoms with Crippen LogP contribution in [0.3, 0.4) is 0 Å². The molecule has 2 heterocycles. The number of rotatable bonds is 9. The Morgan fingerprint density at radius 1 is 0.969 bits per heavy atom. The second-order valence-corrected chi connectivity index (χ2v) is 8.39. The minimum atomic E-state index is 0.0364. The standard InChI is InChI=1S/C25H31N5O2/c1-29-14-16-30(17-15-29)19-21-12-10-20(11-13-21)18-26-23(31)8-5-9-24-27-28-25(32-24)22-6-3-2-4-7-22/h2-4,6-7,10-13H,5,8-9,14-19H2,1H3,(H,26,31). The van der Waals surface area contributed by atoms with Gasteiger partial charge in [0.15, 0.2) is 0 Å². The van der Waals surface area contributed by atoms with Gasteiger partial charge >= 0.3 is 0 Å². The Balaban J connectivity index is 1.15. The van der Waals surface area contributed by atoms with Gasteiger partial charge in [0.05, 0.1) is 0 Å². The van der Waals surface area contributed by atoms with Crippen molar-refractivity contribution in [3.05, 3.63) is 71.6 Å². The van der Waals surface area contributed by atoms with Crippen molar-refractivity contribution in [2.45, 2.75) is 32.4 Å². The van der Waals surface area contributed by atoms with Crippen molar-refractivity contribution < 1.29 is 9.21 Å². The van der Waals surface area contributed by atoms with E-state index in [1.54, 1.807) is 0 Å². The fraction of sp³-hybridized carbons (Fsp3) is 0.400. The first-order valence-electron chi connectivity index (χ1n) is 11.3. The molecule has 0 aliphatic carbocycles. The quantitative estimate of drug-likeness (QED) is 0.559. The van der Waals surface area contributed by atoms with E-state index in [1.807, 2.05) is 30.3 Å². The second kappa shape index (κ2) is 11.0. The SMILES string of the molecule is CN1CCN(Cc2ccc(CNC(=O)CCCc3nnc(-c4ccccc4)o3)cc2)CC1. The maximum Gasteiger partial charge on any atom is 0.247 e. The molecule has 1 N–H and O–H groups in total. The molecule has 1 aliphatic rings. The number of carbonyl (C=O) groups excluding carboxylic acids is 1. The minimum absolute atomic E-state index is 0.0364. The van der Waals surface area contributed by atoms with E-state index in [1.165, 1.54) is 5.56 Å². The predicted octanol–water partition coefficient (Wildman–Crippen LogP) is 3.12. The Morgan fingerprint density at radius 3 is 2.44 bits per heavy atom. The van der Waals surface area contributed by atoms with Crippen LogP contribution in [-0.2, 0) is 24.3 Å². The van der Waals surface area contributed by atoms with Crippen molar-refractivity contribution in [3.8, 4) is 11.5 Å². The Labute approximate surface area is 189 Å². The molecule has 32 heavy (non-hydrogen) atoms. The molecule has 0 spiro atoms. The van der Waals surface area contributed by atoms with Crippen LogP contribution in [0, 0.1) is 0 Å². The molecule has 1 fully saturated rings. The van der Waals surface area contributed by atoms with E-state index in [4.69, 9.17) is 4.42 Å². The largest absolute Gasteiger partial charge is 0.421 e. The summed E-state index contributed by atoms with van der Waals surface area (Å²) < 4.78 is 5.69. The smallest absolute Gasteiger partial charge is 0.247 e. The Hall–Kier alpha value is -3.03. The fourth-order valence-electron chi connectivity index (χ4n) is 3.77. The van der Waals surface area contributed by atoms with E-state index in [9.17, 15) is 4.79 Å². The van der Waals surface area contributed by atoms with Crippen molar-refractivity contribution in [1.82, 2.24) is 25.3 Å². The topological polar surface area (TPSA) is 74.5 Å². The van der Waals surface area contributed by atoms with Gasteiger partial charge in [0.2, 0.25) is 17.7 Å². The predicted molar refractivity (Wildman–Crippen MR) is 124 cm³/mol. The molecule has 1 aromatic heterocycles. The molecule has 0 atom stereocenters. The van der Waals surface area contributed by atoms with Crippen molar-refractivity contribution in [1.29, 1.82) is 0 Å². The lowest BCUT2D eigenvalue weighted by Crippen LogP contribution is -2.43. The van der Waals surface area contributed by atoms with E-state index in [2.05, 4.69) is 56.6 Å². The van der Waals surface area contributed by atoms with Crippen LogP contribution < -0.4 is 5.32 Å². The first kappa shape index (κ1) is 22.2. The third-order valence-electron chi connectivity index (χ3n) is 5.80. The molecular weight excluding hydrogens is 402 g/mol. The summed E-state index contributed by atoms with van der Waals surface area (Å²) in [6, 6.07) is 18.2. The average molecular weight is 434 g/mol. The number of nitrogens with one attached hydrogen (secondary N) is 1. The normalized spacial score (nSPS) is 15.0. The van der Waals surface area contributed by atoms with Crippen LogP contribution in [-0.4, -0.2) is 59.1 Å². The Morgan fingerprint density at radius 2 is 1.69 bits per heavy atom. The van der Waals surface area contributed by atoms with Gasteiger partial charge in [-0.05, 0) is 36.7 Å². The number of hydrogen-bond acceptors (Lipinski definition) is 6. The van der Waals surface area contributed by atoms with Gasteiger partial charge < -0.3 is 14.6 Å². The van der Waals surface area contributed by atoms with Crippen molar-refractivity contribution in [2.24, 2.45) is 0 Å². The highest BCUT2D eigenvalue weighted by atomic mass is 16.4. The van der Waals surface area contributed by atoms with Gasteiger partial charge in [0.1, 0.15) is 0 Å². The van der Waals surface area contributed by atoms with Gasteiger partial charge in [-0.3, -0.25) is 9.69 Å². The number of nitrogens with zero attached hydrogens (tertiary/aromatic N) is 4. The maximum atomic E-state index is 12.2. The summed E-state index contributed by atoms with van der Waals surface area (Å²) >= 11 is 0. The molecule has 7 heteroatoms. The minimum Gasteiger partial charge on any atom is -0.421 e. The molecule has 7 nitrogen and oxygen atoms in total. The van der Waals surface area contributed by atoms with Gasteiger partial charge in [0.25, 0.3) is 0 Å². The highest BCUT2D eigenvalue weighted by Crippen LogP contribution is 2.17. The number of aromatic nitrogens is 2. The summed E-state index contributed by atoms with van der Waals surface area (Å²) in [6.07, 6.45) is 1.70. The lowest BCUT2D eigenvalue weighted by atomic mass is 10.1. The lowest BCUT2D eigenvalue weighted by molar-refractivity contribution is -0.121. The van der Waals surface area contributed by atoms with E-state index in [0.29, 0.717) is 37.6 Å². The average Bonchev–Trinajstić information content (AvgIpc) is 3.30. The summed E-state index contributed by atoms with van der Waals surface area (Å²) in [4.78, 5) is 17.1. The fourth-order valence-corrected chi connectivity index (χ4v) is 3.77. The van der Waals surface area contributed by atoms with Gasteiger partial charge in [-0.25, -0.2) is 0 Å². The summed E-state index contributed by atoms with van der Waals surface area (Å²) in [5.41, 5.74) is 3.34. The monoisotopic (exact) mass is 433 g/mol. The van der Waals surface area contributed by atoms with E-state index < -0.39 is 0 Å². The first-order valence-corrected chi connectivity index (χ1v) is 11.3. The summed E-state index contributed by atoms with van der Waals surface area (Å²) in [5.74, 6) is 1.11. The number of carbonyl (C=O) groups is 1. The van der Waals surface area contributed by atoms with Gasteiger partial charge in [-0.15, -0.1) is 10.2 Å². The number of amides is 1. The van der Waals surface area contributed by atoms with Crippen molar-refractivity contribution in [2.75, 3.05) is 33.2 Å². The molecule has 2 aromatic carbocycles. The van der Waals surface area contributed by atoms with Crippen LogP contribution in [0.5, 0.6) is 0 Å². The zero-order chi connectivity index (χ0) is 22.2. The number of piperazine rings is 1. The molecule has 0 bridgehead atoms. The van der Waals surface area contributed by atoms with Gasteiger partial charge in [-0.1, -0.05) is 42.5 Å². The second-order valence-electron chi connectivity index (χ2n) is 8.39. The number of aryl methyl sites for hydroxylation is 1.